The van der Waals surface area contributed by atoms with Crippen LogP contribution >= 0.6 is 0 Å². The van der Waals surface area contributed by atoms with Crippen molar-refractivity contribution in [2.45, 2.75) is 20.3 Å². The Bertz CT molecular complexity index is 803. The number of aromatic amines is 1. The number of aromatic nitrogens is 2. The Morgan fingerprint density at radius 3 is 2.55 bits per heavy atom. The molecule has 0 saturated carbocycles. The number of carbonyl (C=O) groups excluding carboxylic acids is 1. The summed E-state index contributed by atoms with van der Waals surface area (Å²) in [4.78, 5) is 30.1. The fourth-order valence-electron chi connectivity index (χ4n) is 1.94. The van der Waals surface area contributed by atoms with Gasteiger partial charge in [-0.2, -0.15) is 0 Å². The van der Waals surface area contributed by atoms with Gasteiger partial charge in [0.15, 0.2) is 17.5 Å². The van der Waals surface area contributed by atoms with Crippen LogP contribution < -0.4 is 10.9 Å². The number of amides is 1. The second-order valence-electron chi connectivity index (χ2n) is 4.66. The molecule has 22 heavy (non-hydrogen) atoms. The van der Waals surface area contributed by atoms with E-state index in [-0.39, 0.29) is 12.0 Å². The van der Waals surface area contributed by atoms with Gasteiger partial charge in [0.2, 0.25) is 5.91 Å². The van der Waals surface area contributed by atoms with Crippen molar-refractivity contribution in [2.75, 3.05) is 5.32 Å². The third kappa shape index (κ3) is 3.16. The number of anilines is 1. The molecule has 1 aromatic carbocycles. The smallest absolute Gasteiger partial charge is 0.254 e. The molecule has 2 rings (SSSR count). The zero-order valence-corrected chi connectivity index (χ0v) is 11.8. The number of hydrogen-bond donors (Lipinski definition) is 2. The lowest BCUT2D eigenvalue weighted by atomic mass is 10.1. The molecule has 2 aromatic rings. The number of nitrogens with one attached hydrogen (secondary N) is 2. The van der Waals surface area contributed by atoms with Crippen LogP contribution in [0, 0.1) is 31.3 Å². The van der Waals surface area contributed by atoms with Crippen LogP contribution in [0.4, 0.5) is 18.9 Å². The molecule has 0 unspecified atom stereocenters. The van der Waals surface area contributed by atoms with Crippen LogP contribution in [-0.4, -0.2) is 15.9 Å². The van der Waals surface area contributed by atoms with Crippen LogP contribution in [0.25, 0.3) is 0 Å². The Kier molecular flexibility index (Phi) is 4.30. The first-order valence-corrected chi connectivity index (χ1v) is 6.29. The molecule has 0 radical (unpaired) electrons. The molecular formula is C14H12F3N3O2. The number of H-pyrrole nitrogens is 1. The van der Waals surface area contributed by atoms with Crippen molar-refractivity contribution >= 4 is 11.6 Å². The highest BCUT2D eigenvalue weighted by Gasteiger charge is 2.17. The lowest BCUT2D eigenvalue weighted by molar-refractivity contribution is -0.115. The van der Waals surface area contributed by atoms with Crippen molar-refractivity contribution < 1.29 is 18.0 Å². The molecule has 1 amide bonds. The van der Waals surface area contributed by atoms with E-state index in [9.17, 15) is 22.8 Å². The van der Waals surface area contributed by atoms with E-state index in [0.29, 0.717) is 17.6 Å². The predicted molar refractivity (Wildman–Crippen MR) is 73.0 cm³/mol. The zero-order chi connectivity index (χ0) is 16.4. The van der Waals surface area contributed by atoms with E-state index in [0.717, 1.165) is 6.07 Å². The van der Waals surface area contributed by atoms with Gasteiger partial charge in [0.1, 0.15) is 5.82 Å². The van der Waals surface area contributed by atoms with E-state index >= 15 is 0 Å². The summed E-state index contributed by atoms with van der Waals surface area (Å²) in [7, 11) is 0. The van der Waals surface area contributed by atoms with Crippen molar-refractivity contribution in [3.8, 4) is 0 Å². The molecule has 0 aliphatic carbocycles. The lowest BCUT2D eigenvalue weighted by Gasteiger charge is -2.08. The minimum Gasteiger partial charge on any atom is -0.323 e. The Morgan fingerprint density at radius 1 is 1.23 bits per heavy atom. The molecule has 0 fully saturated rings. The molecule has 5 nitrogen and oxygen atoms in total. The van der Waals surface area contributed by atoms with Crippen molar-refractivity contribution in [1.29, 1.82) is 0 Å². The van der Waals surface area contributed by atoms with Gasteiger partial charge >= 0.3 is 0 Å². The van der Waals surface area contributed by atoms with E-state index in [1.165, 1.54) is 0 Å². The SMILES string of the molecule is Cc1nc(C)c(CC(=O)Nc2ccc(F)c(F)c2F)c(=O)[nH]1. The summed E-state index contributed by atoms with van der Waals surface area (Å²) in [6.07, 6.45) is -0.368. The highest BCUT2D eigenvalue weighted by atomic mass is 19.2. The highest BCUT2D eigenvalue weighted by molar-refractivity contribution is 5.92. The van der Waals surface area contributed by atoms with Gasteiger partial charge in [-0.25, -0.2) is 18.2 Å². The van der Waals surface area contributed by atoms with Gasteiger partial charge in [-0.1, -0.05) is 0 Å². The van der Waals surface area contributed by atoms with Gasteiger partial charge in [-0.05, 0) is 26.0 Å². The quantitative estimate of drug-likeness (QED) is 0.851. The van der Waals surface area contributed by atoms with E-state index in [1.54, 1.807) is 13.8 Å². The van der Waals surface area contributed by atoms with Crippen LogP contribution in [0.5, 0.6) is 0 Å². The van der Waals surface area contributed by atoms with E-state index in [1.807, 2.05) is 0 Å². The number of benzene rings is 1. The predicted octanol–water partition coefficient (Wildman–Crippen LogP) is 1.99. The summed E-state index contributed by atoms with van der Waals surface area (Å²) in [6.45, 7) is 3.15. The Labute approximate surface area is 123 Å². The van der Waals surface area contributed by atoms with E-state index < -0.39 is 34.6 Å². The molecule has 0 aliphatic heterocycles. The summed E-state index contributed by atoms with van der Waals surface area (Å²) < 4.78 is 39.3. The molecule has 8 heteroatoms. The fraction of sp³-hybridized carbons (Fsp3) is 0.214. The van der Waals surface area contributed by atoms with Gasteiger partial charge in [0, 0.05) is 11.3 Å². The van der Waals surface area contributed by atoms with Crippen LogP contribution in [0.1, 0.15) is 17.1 Å². The minimum absolute atomic E-state index is 0.117. The van der Waals surface area contributed by atoms with E-state index in [4.69, 9.17) is 0 Å². The standard InChI is InChI=1S/C14H12F3N3O2/c1-6-8(14(22)19-7(2)18-6)5-11(21)20-10-4-3-9(15)12(16)13(10)17/h3-4H,5H2,1-2H3,(H,20,21)(H,18,19,22). The second kappa shape index (κ2) is 6.00. The van der Waals surface area contributed by atoms with E-state index in [2.05, 4.69) is 15.3 Å². The van der Waals surface area contributed by atoms with Crippen LogP contribution in [-0.2, 0) is 11.2 Å². The topological polar surface area (TPSA) is 74.8 Å². The third-order valence-corrected chi connectivity index (χ3v) is 2.99. The second-order valence-corrected chi connectivity index (χ2v) is 4.66. The maximum absolute atomic E-state index is 13.5. The van der Waals surface area contributed by atoms with Crippen LogP contribution in [0.15, 0.2) is 16.9 Å². The average molecular weight is 311 g/mol. The first kappa shape index (κ1) is 15.7. The molecule has 1 heterocycles. The highest BCUT2D eigenvalue weighted by Crippen LogP contribution is 2.19. The van der Waals surface area contributed by atoms with Gasteiger partial charge < -0.3 is 10.3 Å². The Morgan fingerprint density at radius 2 is 1.91 bits per heavy atom. The number of carbonyl (C=O) groups is 1. The first-order valence-electron chi connectivity index (χ1n) is 6.29. The Hall–Kier alpha value is -2.64. The lowest BCUT2D eigenvalue weighted by Crippen LogP contribution is -2.24. The summed E-state index contributed by atoms with van der Waals surface area (Å²) in [5, 5.41) is 2.09. The monoisotopic (exact) mass is 311 g/mol. The van der Waals surface area contributed by atoms with Crippen LogP contribution in [0.2, 0.25) is 0 Å². The van der Waals surface area contributed by atoms with Crippen LogP contribution in [0.3, 0.4) is 0 Å². The number of rotatable bonds is 3. The molecule has 1 aromatic heterocycles. The molecule has 0 bridgehead atoms. The molecular weight excluding hydrogens is 299 g/mol. The van der Waals surface area contributed by atoms with Gasteiger partial charge in [-0.3, -0.25) is 9.59 Å². The summed E-state index contributed by atoms with van der Waals surface area (Å²) in [5.41, 5.74) is -0.503. The average Bonchev–Trinajstić information content (AvgIpc) is 2.43. The van der Waals surface area contributed by atoms with Crippen molar-refractivity contribution in [2.24, 2.45) is 0 Å². The van der Waals surface area contributed by atoms with Gasteiger partial charge in [0.05, 0.1) is 12.1 Å². The molecule has 0 atom stereocenters. The third-order valence-electron chi connectivity index (χ3n) is 2.99. The van der Waals surface area contributed by atoms with Crippen molar-refractivity contribution in [3.05, 3.63) is 57.0 Å². The maximum Gasteiger partial charge on any atom is 0.254 e. The molecule has 0 spiro atoms. The Balaban J connectivity index is 2.22. The normalized spacial score (nSPS) is 10.6. The molecule has 2 N–H and O–H groups in total. The maximum atomic E-state index is 13.5. The van der Waals surface area contributed by atoms with Crippen molar-refractivity contribution in [3.63, 3.8) is 0 Å². The van der Waals surface area contributed by atoms with Gasteiger partial charge in [-0.15, -0.1) is 0 Å². The minimum atomic E-state index is -1.68. The van der Waals surface area contributed by atoms with Gasteiger partial charge in [0.25, 0.3) is 5.56 Å². The largest absolute Gasteiger partial charge is 0.323 e. The first-order chi connectivity index (χ1) is 10.3. The number of aryl methyl sites for hydroxylation is 2. The number of nitrogens with zero attached hydrogens (tertiary/aromatic N) is 1. The molecule has 116 valence electrons. The summed E-state index contributed by atoms with van der Waals surface area (Å²) in [5.74, 6) is -4.88. The molecule has 0 saturated heterocycles. The number of hydrogen-bond acceptors (Lipinski definition) is 3. The van der Waals surface area contributed by atoms with Crippen molar-refractivity contribution in [1.82, 2.24) is 9.97 Å². The zero-order valence-electron chi connectivity index (χ0n) is 11.8. The number of halogens is 3. The summed E-state index contributed by atoms with van der Waals surface area (Å²) >= 11 is 0. The fourth-order valence-corrected chi connectivity index (χ4v) is 1.94. The molecule has 0 aliphatic rings. The summed E-state index contributed by atoms with van der Waals surface area (Å²) in [6, 6.07) is 1.59.